The first-order valence-corrected chi connectivity index (χ1v) is 4.97. The van der Waals surface area contributed by atoms with Gasteiger partial charge in [0.1, 0.15) is 5.75 Å². The molecule has 2 nitrogen and oxygen atoms in total. The van der Waals surface area contributed by atoms with Crippen molar-refractivity contribution in [3.63, 3.8) is 0 Å². The van der Waals surface area contributed by atoms with Crippen LogP contribution in [0.2, 0.25) is 0 Å². The zero-order chi connectivity index (χ0) is 10.8. The van der Waals surface area contributed by atoms with Gasteiger partial charge in [0, 0.05) is 0 Å². The van der Waals surface area contributed by atoms with Gasteiger partial charge in [-0.3, -0.25) is 0 Å². The lowest BCUT2D eigenvalue weighted by atomic mass is 10.0. The topological polar surface area (TPSA) is 29.5 Å². The van der Waals surface area contributed by atoms with Gasteiger partial charge in [-0.15, -0.1) is 0 Å². The Bertz CT molecular complexity index is 475. The quantitative estimate of drug-likeness (QED) is 0.811. The number of hydrogen-bond acceptors (Lipinski definition) is 2. The van der Waals surface area contributed by atoms with Gasteiger partial charge < -0.3 is 9.84 Å². The molecular weight excluding hydrogens is 188 g/mol. The summed E-state index contributed by atoms with van der Waals surface area (Å²) in [6.45, 7) is 1.77. The van der Waals surface area contributed by atoms with Crippen molar-refractivity contribution in [1.29, 1.82) is 0 Å². The molecule has 78 valence electrons. The van der Waals surface area contributed by atoms with Crippen LogP contribution in [0.1, 0.15) is 18.6 Å². The van der Waals surface area contributed by atoms with Crippen molar-refractivity contribution in [3.8, 4) is 5.75 Å². The minimum absolute atomic E-state index is 0.458. The zero-order valence-corrected chi connectivity index (χ0v) is 8.90. The number of rotatable bonds is 2. The number of aliphatic hydroxyl groups excluding tert-OH is 1. The molecule has 2 aromatic carbocycles. The number of hydrogen-bond donors (Lipinski definition) is 1. The molecule has 1 N–H and O–H groups in total. The first-order chi connectivity index (χ1) is 7.22. The Hall–Kier alpha value is -1.54. The van der Waals surface area contributed by atoms with Crippen molar-refractivity contribution in [3.05, 3.63) is 42.0 Å². The average molecular weight is 202 g/mol. The highest BCUT2D eigenvalue weighted by Gasteiger charge is 2.06. The highest BCUT2D eigenvalue weighted by Crippen LogP contribution is 2.27. The number of aliphatic hydroxyl groups is 1. The molecule has 1 atom stereocenters. The van der Waals surface area contributed by atoms with Crippen molar-refractivity contribution in [2.45, 2.75) is 13.0 Å². The molecule has 0 spiro atoms. The molecule has 0 fully saturated rings. The van der Waals surface area contributed by atoms with Crippen LogP contribution in [0, 0.1) is 0 Å². The fourth-order valence-electron chi connectivity index (χ4n) is 1.77. The summed E-state index contributed by atoms with van der Waals surface area (Å²) in [5.74, 6) is 0.815. The van der Waals surface area contributed by atoms with Gasteiger partial charge in [0.15, 0.2) is 0 Å². The molecular formula is C13H14O2. The van der Waals surface area contributed by atoms with E-state index in [-0.39, 0.29) is 0 Å². The minimum Gasteiger partial charge on any atom is -0.497 e. The summed E-state index contributed by atoms with van der Waals surface area (Å²) in [4.78, 5) is 0. The van der Waals surface area contributed by atoms with Gasteiger partial charge in [-0.25, -0.2) is 0 Å². The van der Waals surface area contributed by atoms with E-state index in [9.17, 15) is 5.11 Å². The van der Waals surface area contributed by atoms with Crippen molar-refractivity contribution in [2.24, 2.45) is 0 Å². The highest BCUT2D eigenvalue weighted by atomic mass is 16.5. The standard InChI is InChI=1S/C13H14O2/c1-9(14)12-5-3-4-10-6-7-11(15-2)8-13(10)12/h3-9,14H,1-2H3/t9-/m0/s1. The van der Waals surface area contributed by atoms with Crippen molar-refractivity contribution >= 4 is 10.8 Å². The second-order valence-electron chi connectivity index (χ2n) is 3.61. The fourth-order valence-corrected chi connectivity index (χ4v) is 1.77. The van der Waals surface area contributed by atoms with Crippen molar-refractivity contribution in [2.75, 3.05) is 7.11 Å². The minimum atomic E-state index is -0.458. The molecule has 2 rings (SSSR count). The Morgan fingerprint density at radius 1 is 1.20 bits per heavy atom. The molecule has 0 amide bonds. The molecule has 0 unspecified atom stereocenters. The predicted molar refractivity (Wildman–Crippen MR) is 61.1 cm³/mol. The Kier molecular flexibility index (Phi) is 2.60. The molecule has 0 heterocycles. The molecule has 0 aliphatic carbocycles. The van der Waals surface area contributed by atoms with Crippen molar-refractivity contribution < 1.29 is 9.84 Å². The number of methoxy groups -OCH3 is 1. The molecule has 15 heavy (non-hydrogen) atoms. The van der Waals surface area contributed by atoms with Crippen LogP contribution in [-0.2, 0) is 0 Å². The van der Waals surface area contributed by atoms with Crippen LogP contribution in [0.4, 0.5) is 0 Å². The third kappa shape index (κ3) is 1.81. The van der Waals surface area contributed by atoms with Gasteiger partial charge in [-0.1, -0.05) is 24.3 Å². The van der Waals surface area contributed by atoms with Crippen LogP contribution in [0.5, 0.6) is 5.75 Å². The van der Waals surface area contributed by atoms with Crippen LogP contribution in [0.25, 0.3) is 10.8 Å². The van der Waals surface area contributed by atoms with E-state index in [4.69, 9.17) is 4.74 Å². The van der Waals surface area contributed by atoms with Gasteiger partial charge >= 0.3 is 0 Å². The Labute approximate surface area is 89.1 Å². The molecule has 0 saturated carbocycles. The van der Waals surface area contributed by atoms with E-state index >= 15 is 0 Å². The summed E-state index contributed by atoms with van der Waals surface area (Å²) in [7, 11) is 1.64. The molecule has 0 aromatic heterocycles. The maximum atomic E-state index is 9.64. The van der Waals surface area contributed by atoms with E-state index < -0.39 is 6.10 Å². The first kappa shape index (κ1) is 9.99. The number of ether oxygens (including phenoxy) is 1. The molecule has 0 radical (unpaired) electrons. The van der Waals surface area contributed by atoms with E-state index in [0.29, 0.717) is 0 Å². The van der Waals surface area contributed by atoms with Gasteiger partial charge in [0.25, 0.3) is 0 Å². The second kappa shape index (κ2) is 3.91. The molecule has 0 aliphatic heterocycles. The Balaban J connectivity index is 2.70. The summed E-state index contributed by atoms with van der Waals surface area (Å²) in [6, 6.07) is 11.8. The molecule has 2 aromatic rings. The average Bonchev–Trinajstić information content (AvgIpc) is 2.27. The predicted octanol–water partition coefficient (Wildman–Crippen LogP) is 2.90. The third-order valence-electron chi connectivity index (χ3n) is 2.57. The van der Waals surface area contributed by atoms with Crippen LogP contribution >= 0.6 is 0 Å². The van der Waals surface area contributed by atoms with E-state index in [2.05, 4.69) is 0 Å². The van der Waals surface area contributed by atoms with Crippen molar-refractivity contribution in [1.82, 2.24) is 0 Å². The number of fused-ring (bicyclic) bond motifs is 1. The number of benzene rings is 2. The summed E-state index contributed by atoms with van der Waals surface area (Å²) in [5.41, 5.74) is 0.936. The summed E-state index contributed by atoms with van der Waals surface area (Å²) in [5, 5.41) is 11.8. The molecule has 0 aliphatic rings. The summed E-state index contributed by atoms with van der Waals surface area (Å²) in [6.07, 6.45) is -0.458. The molecule has 2 heteroatoms. The van der Waals surface area contributed by atoms with Crippen LogP contribution in [-0.4, -0.2) is 12.2 Å². The van der Waals surface area contributed by atoms with Gasteiger partial charge in [-0.2, -0.15) is 0 Å². The largest absolute Gasteiger partial charge is 0.497 e. The lowest BCUT2D eigenvalue weighted by Crippen LogP contribution is -1.92. The summed E-state index contributed by atoms with van der Waals surface area (Å²) >= 11 is 0. The lowest BCUT2D eigenvalue weighted by molar-refractivity contribution is 0.201. The second-order valence-corrected chi connectivity index (χ2v) is 3.61. The van der Waals surface area contributed by atoms with Crippen LogP contribution < -0.4 is 4.74 Å². The van der Waals surface area contributed by atoms with Crippen LogP contribution in [0.3, 0.4) is 0 Å². The third-order valence-corrected chi connectivity index (χ3v) is 2.57. The normalized spacial score (nSPS) is 12.7. The molecule has 0 saturated heterocycles. The molecule has 0 bridgehead atoms. The first-order valence-electron chi connectivity index (χ1n) is 4.97. The Morgan fingerprint density at radius 3 is 2.67 bits per heavy atom. The van der Waals surface area contributed by atoms with Gasteiger partial charge in [0.05, 0.1) is 13.2 Å². The van der Waals surface area contributed by atoms with E-state index in [1.807, 2.05) is 36.4 Å². The maximum Gasteiger partial charge on any atom is 0.119 e. The van der Waals surface area contributed by atoms with E-state index in [1.165, 1.54) is 0 Å². The smallest absolute Gasteiger partial charge is 0.119 e. The Morgan fingerprint density at radius 2 is 2.00 bits per heavy atom. The fraction of sp³-hybridized carbons (Fsp3) is 0.231. The van der Waals surface area contributed by atoms with E-state index in [0.717, 1.165) is 22.1 Å². The maximum absolute atomic E-state index is 9.64. The summed E-state index contributed by atoms with van der Waals surface area (Å²) < 4.78 is 5.18. The lowest BCUT2D eigenvalue weighted by Gasteiger charge is -2.10. The van der Waals surface area contributed by atoms with Crippen LogP contribution in [0.15, 0.2) is 36.4 Å². The zero-order valence-electron chi connectivity index (χ0n) is 8.90. The van der Waals surface area contributed by atoms with E-state index in [1.54, 1.807) is 14.0 Å². The van der Waals surface area contributed by atoms with Gasteiger partial charge in [-0.05, 0) is 35.4 Å². The monoisotopic (exact) mass is 202 g/mol. The van der Waals surface area contributed by atoms with Gasteiger partial charge in [0.2, 0.25) is 0 Å². The highest BCUT2D eigenvalue weighted by molar-refractivity contribution is 5.87. The SMILES string of the molecule is COc1ccc2cccc([C@H](C)O)c2c1.